The highest BCUT2D eigenvalue weighted by molar-refractivity contribution is 7.89. The van der Waals surface area contributed by atoms with Crippen LogP contribution in [0.1, 0.15) is 18.0 Å². The summed E-state index contributed by atoms with van der Waals surface area (Å²) >= 11 is 0. The van der Waals surface area contributed by atoms with Crippen LogP contribution in [0, 0.1) is 0 Å². The molecule has 1 atom stereocenters. The highest BCUT2D eigenvalue weighted by Gasteiger charge is 2.21. The van der Waals surface area contributed by atoms with Crippen LogP contribution in [0.5, 0.6) is 11.5 Å². The fourth-order valence-electron chi connectivity index (χ4n) is 2.86. The average molecular weight is 376 g/mol. The average Bonchev–Trinajstić information content (AvgIpc) is 2.87. The lowest BCUT2D eigenvalue weighted by molar-refractivity contribution is 0.296. The van der Waals surface area contributed by atoms with E-state index in [1.54, 1.807) is 12.1 Å². The first-order valence-corrected chi connectivity index (χ1v) is 10.1. The van der Waals surface area contributed by atoms with Gasteiger partial charge in [-0.05, 0) is 31.8 Å². The molecule has 1 aliphatic heterocycles. The second kappa shape index (κ2) is 8.07. The largest absolute Gasteiger partial charge is 0.490 e. The Morgan fingerprint density at radius 3 is 2.42 bits per heavy atom. The first kappa shape index (κ1) is 18.7. The standard InChI is InChI=1S/C19H24N2O4S/c1-21(2)17(15-7-4-3-5-8-15)14-20-26(22,23)16-9-10-18-19(13-16)25-12-6-11-24-18/h3-5,7-10,13,17,20H,6,11-12,14H2,1-2H3. The molecular weight excluding hydrogens is 352 g/mol. The van der Waals surface area contributed by atoms with E-state index < -0.39 is 10.0 Å². The molecule has 0 aromatic heterocycles. The zero-order chi connectivity index (χ0) is 18.6. The van der Waals surface area contributed by atoms with E-state index in [2.05, 4.69) is 4.72 Å². The van der Waals surface area contributed by atoms with Crippen LogP contribution in [-0.4, -0.2) is 47.2 Å². The molecule has 0 fully saturated rings. The predicted molar refractivity (Wildman–Crippen MR) is 100 cm³/mol. The fraction of sp³-hybridized carbons (Fsp3) is 0.368. The summed E-state index contributed by atoms with van der Waals surface area (Å²) in [7, 11) is 0.206. The molecule has 1 aliphatic rings. The number of rotatable bonds is 6. The smallest absolute Gasteiger partial charge is 0.240 e. The maximum Gasteiger partial charge on any atom is 0.240 e. The summed E-state index contributed by atoms with van der Waals surface area (Å²) < 4.78 is 39.3. The third kappa shape index (κ3) is 4.35. The van der Waals surface area contributed by atoms with Crippen molar-refractivity contribution in [3.05, 3.63) is 54.1 Å². The predicted octanol–water partition coefficient (Wildman–Crippen LogP) is 2.43. The molecule has 0 radical (unpaired) electrons. The van der Waals surface area contributed by atoms with Gasteiger partial charge in [0.25, 0.3) is 0 Å². The summed E-state index contributed by atoms with van der Waals surface area (Å²) in [5, 5.41) is 0. The molecule has 3 rings (SSSR count). The maximum atomic E-state index is 12.7. The first-order chi connectivity index (χ1) is 12.5. The van der Waals surface area contributed by atoms with Crippen molar-refractivity contribution in [2.75, 3.05) is 33.9 Å². The number of fused-ring (bicyclic) bond motifs is 1. The molecule has 140 valence electrons. The third-order valence-electron chi connectivity index (χ3n) is 4.30. The lowest BCUT2D eigenvalue weighted by Gasteiger charge is -2.25. The van der Waals surface area contributed by atoms with E-state index in [1.165, 1.54) is 6.07 Å². The van der Waals surface area contributed by atoms with E-state index in [4.69, 9.17) is 9.47 Å². The Labute approximate surface area is 154 Å². The summed E-state index contributed by atoms with van der Waals surface area (Å²) in [6, 6.07) is 14.5. The molecule has 0 amide bonds. The molecule has 7 heteroatoms. The van der Waals surface area contributed by atoms with Crippen molar-refractivity contribution in [2.45, 2.75) is 17.4 Å². The van der Waals surface area contributed by atoms with Crippen LogP contribution in [0.15, 0.2) is 53.4 Å². The van der Waals surface area contributed by atoms with Gasteiger partial charge in [0.15, 0.2) is 11.5 Å². The van der Waals surface area contributed by atoms with E-state index in [1.807, 2.05) is 49.3 Å². The van der Waals surface area contributed by atoms with Gasteiger partial charge in [0, 0.05) is 25.1 Å². The van der Waals surface area contributed by atoms with Crippen LogP contribution >= 0.6 is 0 Å². The zero-order valence-electron chi connectivity index (χ0n) is 15.0. The van der Waals surface area contributed by atoms with Crippen LogP contribution < -0.4 is 14.2 Å². The van der Waals surface area contributed by atoms with E-state index in [9.17, 15) is 8.42 Å². The molecule has 2 aromatic carbocycles. The minimum atomic E-state index is -3.65. The van der Waals surface area contributed by atoms with Crippen molar-refractivity contribution >= 4 is 10.0 Å². The minimum Gasteiger partial charge on any atom is -0.490 e. The first-order valence-electron chi connectivity index (χ1n) is 8.58. The number of nitrogens with one attached hydrogen (secondary N) is 1. The normalized spacial score (nSPS) is 15.5. The molecule has 2 aromatic rings. The van der Waals surface area contributed by atoms with Crippen molar-refractivity contribution in [1.29, 1.82) is 0 Å². The minimum absolute atomic E-state index is 0.0635. The van der Waals surface area contributed by atoms with Crippen molar-refractivity contribution in [1.82, 2.24) is 9.62 Å². The molecule has 0 aliphatic carbocycles. The molecule has 6 nitrogen and oxygen atoms in total. The number of nitrogens with zero attached hydrogens (tertiary/aromatic N) is 1. The highest BCUT2D eigenvalue weighted by atomic mass is 32.2. The van der Waals surface area contributed by atoms with Gasteiger partial charge in [-0.25, -0.2) is 13.1 Å². The molecule has 1 unspecified atom stereocenters. The van der Waals surface area contributed by atoms with Gasteiger partial charge in [-0.15, -0.1) is 0 Å². The highest BCUT2D eigenvalue weighted by Crippen LogP contribution is 2.32. The van der Waals surface area contributed by atoms with Crippen molar-refractivity contribution in [3.63, 3.8) is 0 Å². The van der Waals surface area contributed by atoms with Gasteiger partial charge in [0.1, 0.15) is 0 Å². The summed E-state index contributed by atoms with van der Waals surface area (Å²) in [6.07, 6.45) is 0.774. The quantitative estimate of drug-likeness (QED) is 0.839. The van der Waals surface area contributed by atoms with Crippen molar-refractivity contribution < 1.29 is 17.9 Å². The Hall–Kier alpha value is -2.09. The van der Waals surface area contributed by atoms with Gasteiger partial charge in [-0.2, -0.15) is 0 Å². The molecular formula is C19H24N2O4S. The Morgan fingerprint density at radius 1 is 1.04 bits per heavy atom. The Kier molecular flexibility index (Phi) is 5.80. The van der Waals surface area contributed by atoms with Gasteiger partial charge in [0.05, 0.1) is 18.1 Å². The van der Waals surface area contributed by atoms with E-state index in [0.29, 0.717) is 24.7 Å². The number of ether oxygens (including phenoxy) is 2. The number of hydrogen-bond acceptors (Lipinski definition) is 5. The van der Waals surface area contributed by atoms with Crippen LogP contribution in [0.3, 0.4) is 0 Å². The summed E-state index contributed by atoms with van der Waals surface area (Å²) in [5.41, 5.74) is 1.05. The number of sulfonamides is 1. The molecule has 1 heterocycles. The zero-order valence-corrected chi connectivity index (χ0v) is 15.8. The Morgan fingerprint density at radius 2 is 1.73 bits per heavy atom. The van der Waals surface area contributed by atoms with Crippen LogP contribution in [0.4, 0.5) is 0 Å². The topological polar surface area (TPSA) is 67.9 Å². The lowest BCUT2D eigenvalue weighted by atomic mass is 10.1. The summed E-state index contributed by atoms with van der Waals surface area (Å²) in [5.74, 6) is 1.05. The van der Waals surface area contributed by atoms with Gasteiger partial charge in [-0.3, -0.25) is 0 Å². The molecule has 26 heavy (non-hydrogen) atoms. The van der Waals surface area contributed by atoms with Gasteiger partial charge in [-0.1, -0.05) is 30.3 Å². The molecule has 0 saturated heterocycles. The molecule has 0 saturated carbocycles. The van der Waals surface area contributed by atoms with Crippen LogP contribution in [-0.2, 0) is 10.0 Å². The van der Waals surface area contributed by atoms with E-state index in [0.717, 1.165) is 12.0 Å². The number of benzene rings is 2. The molecule has 1 N–H and O–H groups in total. The second-order valence-electron chi connectivity index (χ2n) is 6.40. The SMILES string of the molecule is CN(C)C(CNS(=O)(=O)c1ccc2c(c1)OCCCO2)c1ccccc1. The van der Waals surface area contributed by atoms with Crippen LogP contribution in [0.2, 0.25) is 0 Å². The molecule has 0 bridgehead atoms. The van der Waals surface area contributed by atoms with Gasteiger partial charge < -0.3 is 14.4 Å². The van der Waals surface area contributed by atoms with Crippen LogP contribution in [0.25, 0.3) is 0 Å². The Balaban J connectivity index is 1.77. The number of hydrogen-bond donors (Lipinski definition) is 1. The monoisotopic (exact) mass is 376 g/mol. The van der Waals surface area contributed by atoms with Crippen molar-refractivity contribution in [3.8, 4) is 11.5 Å². The molecule has 0 spiro atoms. The Bertz CT molecular complexity index is 838. The third-order valence-corrected chi connectivity index (χ3v) is 5.72. The summed E-state index contributed by atoms with van der Waals surface area (Å²) in [4.78, 5) is 2.17. The van der Waals surface area contributed by atoms with Gasteiger partial charge in [0.2, 0.25) is 10.0 Å². The fourth-order valence-corrected chi connectivity index (χ4v) is 3.91. The second-order valence-corrected chi connectivity index (χ2v) is 8.17. The van der Waals surface area contributed by atoms with Gasteiger partial charge >= 0.3 is 0 Å². The van der Waals surface area contributed by atoms with Crippen molar-refractivity contribution in [2.24, 2.45) is 0 Å². The van der Waals surface area contributed by atoms with E-state index in [-0.39, 0.29) is 17.5 Å². The maximum absolute atomic E-state index is 12.7. The number of likely N-dealkylation sites (N-methyl/N-ethyl adjacent to an activating group) is 1. The summed E-state index contributed by atoms with van der Waals surface area (Å²) in [6.45, 7) is 1.35. The lowest BCUT2D eigenvalue weighted by Crippen LogP contribution is -2.34. The van der Waals surface area contributed by atoms with E-state index >= 15 is 0 Å².